The SMILES string of the molecule is O=C([C@H]1CC(=O)N(C2CC2)C1)N1CCC(c2nc3ccccc3s2)CC1. The van der Waals surface area contributed by atoms with Crippen LogP contribution in [0.25, 0.3) is 10.2 Å². The number of benzene rings is 1. The third-order valence-electron chi connectivity index (χ3n) is 5.96. The van der Waals surface area contributed by atoms with Crippen LogP contribution in [0.1, 0.15) is 43.0 Å². The van der Waals surface area contributed by atoms with E-state index in [1.807, 2.05) is 15.9 Å². The van der Waals surface area contributed by atoms with Crippen molar-refractivity contribution < 1.29 is 9.59 Å². The molecule has 3 fully saturated rings. The Kier molecular flexibility index (Phi) is 3.96. The van der Waals surface area contributed by atoms with Crippen LogP contribution in [-0.4, -0.2) is 52.3 Å². The van der Waals surface area contributed by atoms with Gasteiger partial charge in [-0.2, -0.15) is 0 Å². The molecule has 1 atom stereocenters. The first-order chi connectivity index (χ1) is 12.7. The molecule has 2 amide bonds. The standard InChI is InChI=1S/C20H23N3O2S/c24-18-11-14(12-23(18)15-5-6-15)20(25)22-9-7-13(8-10-22)19-21-16-3-1-2-4-17(16)26-19/h1-4,13-15H,5-12H2/t14-/m0/s1. The predicted octanol–water partition coefficient (Wildman–Crippen LogP) is 3.01. The Balaban J connectivity index is 1.21. The Morgan fingerprint density at radius 1 is 1.12 bits per heavy atom. The third-order valence-corrected chi connectivity index (χ3v) is 7.16. The quantitative estimate of drug-likeness (QED) is 0.836. The maximum absolute atomic E-state index is 12.9. The number of carbonyl (C=O) groups is 2. The highest BCUT2D eigenvalue weighted by Crippen LogP contribution is 2.36. The second kappa shape index (κ2) is 6.34. The number of hydrogen-bond donors (Lipinski definition) is 0. The average Bonchev–Trinajstić information content (AvgIpc) is 3.29. The second-order valence-electron chi connectivity index (χ2n) is 7.80. The molecule has 2 aromatic rings. The molecule has 6 heteroatoms. The molecule has 1 saturated carbocycles. The molecule has 5 nitrogen and oxygen atoms in total. The first-order valence-electron chi connectivity index (χ1n) is 9.63. The highest BCUT2D eigenvalue weighted by molar-refractivity contribution is 7.18. The van der Waals surface area contributed by atoms with Gasteiger partial charge in [-0.1, -0.05) is 12.1 Å². The summed E-state index contributed by atoms with van der Waals surface area (Å²) in [6.45, 7) is 2.21. The van der Waals surface area contributed by atoms with Crippen molar-refractivity contribution in [2.75, 3.05) is 19.6 Å². The van der Waals surface area contributed by atoms with Crippen LogP contribution in [0.5, 0.6) is 0 Å². The van der Waals surface area contributed by atoms with E-state index in [9.17, 15) is 9.59 Å². The molecule has 0 bridgehead atoms. The molecule has 1 aromatic heterocycles. The van der Waals surface area contributed by atoms with Gasteiger partial charge >= 0.3 is 0 Å². The van der Waals surface area contributed by atoms with Crippen molar-refractivity contribution in [3.05, 3.63) is 29.3 Å². The van der Waals surface area contributed by atoms with E-state index in [0.717, 1.165) is 44.3 Å². The van der Waals surface area contributed by atoms with E-state index in [0.29, 0.717) is 24.9 Å². The van der Waals surface area contributed by atoms with Gasteiger partial charge in [-0.15, -0.1) is 11.3 Å². The molecule has 2 saturated heterocycles. The van der Waals surface area contributed by atoms with E-state index in [1.54, 1.807) is 11.3 Å². The van der Waals surface area contributed by atoms with E-state index < -0.39 is 0 Å². The van der Waals surface area contributed by atoms with Crippen LogP contribution in [0, 0.1) is 5.92 Å². The smallest absolute Gasteiger partial charge is 0.227 e. The molecule has 1 aromatic carbocycles. The Labute approximate surface area is 157 Å². The number of thiazole rings is 1. The zero-order valence-corrected chi connectivity index (χ0v) is 15.6. The van der Waals surface area contributed by atoms with Crippen molar-refractivity contribution in [3.63, 3.8) is 0 Å². The van der Waals surface area contributed by atoms with Gasteiger partial charge < -0.3 is 9.80 Å². The maximum Gasteiger partial charge on any atom is 0.227 e. The number of para-hydroxylation sites is 1. The molecule has 136 valence electrons. The molecule has 0 N–H and O–H groups in total. The van der Waals surface area contributed by atoms with E-state index in [2.05, 4.69) is 18.2 Å². The van der Waals surface area contributed by atoms with Crippen LogP contribution < -0.4 is 0 Å². The summed E-state index contributed by atoms with van der Waals surface area (Å²) in [7, 11) is 0. The van der Waals surface area contributed by atoms with Gasteiger partial charge in [-0.3, -0.25) is 9.59 Å². The molecular weight excluding hydrogens is 346 g/mol. The number of likely N-dealkylation sites (tertiary alicyclic amines) is 2. The van der Waals surface area contributed by atoms with E-state index in [-0.39, 0.29) is 17.7 Å². The highest BCUT2D eigenvalue weighted by Gasteiger charge is 2.43. The van der Waals surface area contributed by atoms with Crippen LogP contribution in [0.15, 0.2) is 24.3 Å². The molecule has 3 aliphatic rings. The number of carbonyl (C=O) groups excluding carboxylic acids is 2. The number of piperidine rings is 1. The van der Waals surface area contributed by atoms with Gasteiger partial charge in [0.2, 0.25) is 11.8 Å². The summed E-state index contributed by atoms with van der Waals surface area (Å²) in [5.74, 6) is 0.686. The third kappa shape index (κ3) is 2.90. The highest BCUT2D eigenvalue weighted by atomic mass is 32.1. The van der Waals surface area contributed by atoms with Gasteiger partial charge in [0.15, 0.2) is 0 Å². The second-order valence-corrected chi connectivity index (χ2v) is 8.86. The largest absolute Gasteiger partial charge is 0.342 e. The van der Waals surface area contributed by atoms with Crippen molar-refractivity contribution >= 4 is 33.4 Å². The van der Waals surface area contributed by atoms with E-state index in [1.165, 1.54) is 9.71 Å². The summed E-state index contributed by atoms with van der Waals surface area (Å²) in [5, 5.41) is 1.20. The summed E-state index contributed by atoms with van der Waals surface area (Å²) in [6, 6.07) is 8.69. The van der Waals surface area contributed by atoms with Crippen molar-refractivity contribution in [3.8, 4) is 0 Å². The Hall–Kier alpha value is -1.95. The van der Waals surface area contributed by atoms with Crippen molar-refractivity contribution in [1.29, 1.82) is 0 Å². The molecule has 0 spiro atoms. The molecule has 0 unspecified atom stereocenters. The summed E-state index contributed by atoms with van der Waals surface area (Å²) in [5.41, 5.74) is 1.08. The van der Waals surface area contributed by atoms with Crippen LogP contribution >= 0.6 is 11.3 Å². The van der Waals surface area contributed by atoms with Gasteiger partial charge in [-0.05, 0) is 37.8 Å². The van der Waals surface area contributed by atoms with Crippen LogP contribution in [0.4, 0.5) is 0 Å². The molecule has 5 rings (SSSR count). The number of rotatable bonds is 3. The minimum atomic E-state index is -0.123. The topological polar surface area (TPSA) is 53.5 Å². The fraction of sp³-hybridized carbons (Fsp3) is 0.550. The fourth-order valence-electron chi connectivity index (χ4n) is 4.31. The number of aromatic nitrogens is 1. The zero-order valence-electron chi connectivity index (χ0n) is 14.8. The monoisotopic (exact) mass is 369 g/mol. The van der Waals surface area contributed by atoms with Crippen LogP contribution in [0.2, 0.25) is 0 Å². The molecule has 2 aliphatic heterocycles. The normalized spacial score (nSPS) is 24.6. The van der Waals surface area contributed by atoms with Crippen LogP contribution in [0.3, 0.4) is 0 Å². The maximum atomic E-state index is 12.9. The summed E-state index contributed by atoms with van der Waals surface area (Å²) in [4.78, 5) is 33.7. The van der Waals surface area contributed by atoms with Gasteiger partial charge in [0.1, 0.15) is 0 Å². The van der Waals surface area contributed by atoms with Gasteiger partial charge in [0, 0.05) is 38.0 Å². The summed E-state index contributed by atoms with van der Waals surface area (Å²) < 4.78 is 1.24. The van der Waals surface area contributed by atoms with E-state index >= 15 is 0 Å². The number of hydrogen-bond acceptors (Lipinski definition) is 4. The minimum Gasteiger partial charge on any atom is -0.342 e. The molecule has 0 radical (unpaired) electrons. The lowest BCUT2D eigenvalue weighted by molar-refractivity contribution is -0.136. The average molecular weight is 369 g/mol. The van der Waals surface area contributed by atoms with Gasteiger partial charge in [-0.25, -0.2) is 4.98 Å². The lowest BCUT2D eigenvalue weighted by atomic mass is 9.96. The van der Waals surface area contributed by atoms with Gasteiger partial charge in [0.05, 0.1) is 21.1 Å². The number of fused-ring (bicyclic) bond motifs is 1. The Morgan fingerprint density at radius 2 is 1.88 bits per heavy atom. The van der Waals surface area contributed by atoms with Crippen molar-refractivity contribution in [2.24, 2.45) is 5.92 Å². The lowest BCUT2D eigenvalue weighted by Crippen LogP contribution is -2.42. The zero-order chi connectivity index (χ0) is 17.7. The first-order valence-corrected chi connectivity index (χ1v) is 10.4. The number of amides is 2. The fourth-order valence-corrected chi connectivity index (χ4v) is 5.44. The van der Waals surface area contributed by atoms with Crippen LogP contribution in [-0.2, 0) is 9.59 Å². The van der Waals surface area contributed by atoms with Gasteiger partial charge in [0.25, 0.3) is 0 Å². The molecular formula is C20H23N3O2S. The Bertz CT molecular complexity index is 819. The minimum absolute atomic E-state index is 0.123. The molecule has 26 heavy (non-hydrogen) atoms. The molecule has 1 aliphatic carbocycles. The molecule has 3 heterocycles. The first kappa shape index (κ1) is 16.2. The van der Waals surface area contributed by atoms with E-state index in [4.69, 9.17) is 4.98 Å². The Morgan fingerprint density at radius 3 is 2.62 bits per heavy atom. The summed E-state index contributed by atoms with van der Waals surface area (Å²) >= 11 is 1.78. The van der Waals surface area contributed by atoms with Crippen molar-refractivity contribution in [1.82, 2.24) is 14.8 Å². The number of nitrogens with zero attached hydrogens (tertiary/aromatic N) is 3. The summed E-state index contributed by atoms with van der Waals surface area (Å²) in [6.07, 6.45) is 4.57. The predicted molar refractivity (Wildman–Crippen MR) is 101 cm³/mol. The lowest BCUT2D eigenvalue weighted by Gasteiger charge is -2.32. The van der Waals surface area contributed by atoms with Crippen molar-refractivity contribution in [2.45, 2.75) is 44.1 Å².